The first kappa shape index (κ1) is 18.8. The second-order valence-electron chi connectivity index (χ2n) is 5.98. The van der Waals surface area contributed by atoms with Gasteiger partial charge in [0.2, 0.25) is 10.0 Å². The topological polar surface area (TPSA) is 102 Å². The maximum atomic E-state index is 12.6. The third-order valence-electron chi connectivity index (χ3n) is 4.14. The predicted molar refractivity (Wildman–Crippen MR) is 100.0 cm³/mol. The Labute approximate surface area is 156 Å². The van der Waals surface area contributed by atoms with Crippen molar-refractivity contribution in [2.24, 2.45) is 5.73 Å². The molecule has 140 valence electrons. The predicted octanol–water partition coefficient (Wildman–Crippen LogP) is 1.58. The smallest absolute Gasteiger partial charge is 0.251 e. The van der Waals surface area contributed by atoms with Crippen molar-refractivity contribution < 1.29 is 17.9 Å². The van der Waals surface area contributed by atoms with E-state index in [0.717, 1.165) is 6.42 Å². The molecular weight excluding hydrogens is 374 g/mol. The maximum Gasteiger partial charge on any atom is 0.251 e. The molecule has 2 aromatic rings. The lowest BCUT2D eigenvalue weighted by molar-refractivity contribution is 0.0931. The normalized spacial score (nSPS) is 18.9. The lowest BCUT2D eigenvalue weighted by Gasteiger charge is -2.30. The van der Waals surface area contributed by atoms with E-state index in [1.807, 2.05) is 0 Å². The van der Waals surface area contributed by atoms with Crippen LogP contribution in [0.3, 0.4) is 0 Å². The summed E-state index contributed by atoms with van der Waals surface area (Å²) in [4.78, 5) is 13.5. The lowest BCUT2D eigenvalue weighted by atomic mass is 10.1. The van der Waals surface area contributed by atoms with Crippen molar-refractivity contribution in [1.82, 2.24) is 9.62 Å². The SMILES string of the molecule is CN1CC(NC(=O)c2ccc(OCCCN)cc2)c2sccc2S1(=O)=O. The van der Waals surface area contributed by atoms with Crippen LogP contribution in [-0.2, 0) is 10.0 Å². The van der Waals surface area contributed by atoms with Crippen LogP contribution < -0.4 is 15.8 Å². The Morgan fingerprint density at radius 2 is 2.08 bits per heavy atom. The van der Waals surface area contributed by atoms with Gasteiger partial charge in [-0.15, -0.1) is 11.3 Å². The number of carbonyl (C=O) groups is 1. The molecule has 2 heterocycles. The lowest BCUT2D eigenvalue weighted by Crippen LogP contribution is -2.42. The van der Waals surface area contributed by atoms with Gasteiger partial charge >= 0.3 is 0 Å². The van der Waals surface area contributed by atoms with Crippen LogP contribution in [0.5, 0.6) is 5.75 Å². The van der Waals surface area contributed by atoms with Crippen molar-refractivity contribution in [2.75, 3.05) is 26.7 Å². The molecule has 1 aromatic carbocycles. The van der Waals surface area contributed by atoms with Crippen LogP contribution in [0.15, 0.2) is 40.6 Å². The molecule has 7 nitrogen and oxygen atoms in total. The molecule has 1 aromatic heterocycles. The third kappa shape index (κ3) is 3.75. The highest BCUT2D eigenvalue weighted by Gasteiger charge is 2.36. The Morgan fingerprint density at radius 3 is 2.77 bits per heavy atom. The van der Waals surface area contributed by atoms with Crippen LogP contribution in [0.4, 0.5) is 0 Å². The molecule has 1 unspecified atom stereocenters. The molecule has 0 spiro atoms. The fourth-order valence-corrected chi connectivity index (χ4v) is 5.41. The fourth-order valence-electron chi connectivity index (χ4n) is 2.71. The highest BCUT2D eigenvalue weighted by atomic mass is 32.2. The molecule has 1 atom stereocenters. The second-order valence-corrected chi connectivity index (χ2v) is 8.94. The van der Waals surface area contributed by atoms with E-state index in [1.54, 1.807) is 35.7 Å². The highest BCUT2D eigenvalue weighted by Crippen LogP contribution is 2.35. The van der Waals surface area contributed by atoms with E-state index in [4.69, 9.17) is 10.5 Å². The number of rotatable bonds is 6. The summed E-state index contributed by atoms with van der Waals surface area (Å²) in [5, 5.41) is 4.66. The fraction of sp³-hybridized carbons (Fsp3) is 0.353. The molecule has 1 amide bonds. The van der Waals surface area contributed by atoms with Crippen LogP contribution in [0, 0.1) is 0 Å². The number of nitrogens with two attached hydrogens (primary N) is 1. The number of amides is 1. The molecule has 0 saturated heterocycles. The highest BCUT2D eigenvalue weighted by molar-refractivity contribution is 7.89. The van der Waals surface area contributed by atoms with Gasteiger partial charge in [-0.2, -0.15) is 4.31 Å². The summed E-state index contributed by atoms with van der Waals surface area (Å²) >= 11 is 1.34. The number of hydrogen-bond acceptors (Lipinski definition) is 6. The Hall–Kier alpha value is -1.94. The van der Waals surface area contributed by atoms with E-state index in [0.29, 0.717) is 29.3 Å². The zero-order valence-electron chi connectivity index (χ0n) is 14.3. The van der Waals surface area contributed by atoms with E-state index in [-0.39, 0.29) is 23.4 Å². The Kier molecular flexibility index (Phi) is 5.61. The van der Waals surface area contributed by atoms with E-state index < -0.39 is 10.0 Å². The average molecular weight is 396 g/mol. The van der Waals surface area contributed by atoms with E-state index in [2.05, 4.69) is 5.32 Å². The minimum absolute atomic E-state index is 0.210. The van der Waals surface area contributed by atoms with Crippen LogP contribution in [0.25, 0.3) is 0 Å². The van der Waals surface area contributed by atoms with E-state index in [1.165, 1.54) is 22.7 Å². The summed E-state index contributed by atoms with van der Waals surface area (Å²) in [6.45, 7) is 1.31. The van der Waals surface area contributed by atoms with Crippen LogP contribution in [0.2, 0.25) is 0 Å². The summed E-state index contributed by atoms with van der Waals surface area (Å²) < 4.78 is 31.4. The van der Waals surface area contributed by atoms with Crippen LogP contribution in [-0.4, -0.2) is 45.4 Å². The monoisotopic (exact) mass is 395 g/mol. The van der Waals surface area contributed by atoms with Gasteiger partial charge in [-0.3, -0.25) is 4.79 Å². The molecule has 0 bridgehead atoms. The van der Waals surface area contributed by atoms with Gasteiger partial charge in [0.1, 0.15) is 5.75 Å². The Bertz CT molecular complexity index is 878. The van der Waals surface area contributed by atoms with Crippen molar-refractivity contribution in [2.45, 2.75) is 17.4 Å². The molecule has 26 heavy (non-hydrogen) atoms. The van der Waals surface area contributed by atoms with E-state index >= 15 is 0 Å². The minimum atomic E-state index is -3.46. The summed E-state index contributed by atoms with van der Waals surface area (Å²) in [5.41, 5.74) is 5.92. The number of likely N-dealkylation sites (N-methyl/N-ethyl adjacent to an activating group) is 1. The van der Waals surface area contributed by atoms with Gasteiger partial charge in [-0.05, 0) is 48.7 Å². The molecule has 1 aliphatic rings. The first-order chi connectivity index (χ1) is 12.4. The van der Waals surface area contributed by atoms with Crippen molar-refractivity contribution in [3.63, 3.8) is 0 Å². The summed E-state index contributed by atoms with van der Waals surface area (Å²) in [6, 6.07) is 8.06. The number of nitrogens with zero attached hydrogens (tertiary/aromatic N) is 1. The van der Waals surface area contributed by atoms with Crippen molar-refractivity contribution in [3.8, 4) is 5.75 Å². The van der Waals surface area contributed by atoms with E-state index in [9.17, 15) is 13.2 Å². The number of hydrogen-bond donors (Lipinski definition) is 2. The third-order valence-corrected chi connectivity index (χ3v) is 7.18. The number of thiophene rings is 1. The molecule has 0 aliphatic carbocycles. The van der Waals surface area contributed by atoms with Gasteiger partial charge in [-0.1, -0.05) is 0 Å². The average Bonchev–Trinajstić information content (AvgIpc) is 3.12. The molecule has 3 rings (SSSR count). The molecule has 9 heteroatoms. The Morgan fingerprint density at radius 1 is 1.35 bits per heavy atom. The van der Waals surface area contributed by atoms with Gasteiger partial charge in [-0.25, -0.2) is 8.42 Å². The zero-order chi connectivity index (χ0) is 18.7. The number of carbonyl (C=O) groups excluding carboxylic acids is 1. The maximum absolute atomic E-state index is 12.6. The number of benzene rings is 1. The zero-order valence-corrected chi connectivity index (χ0v) is 16.0. The molecular formula is C17H21N3O4S2. The van der Waals surface area contributed by atoms with Crippen molar-refractivity contribution >= 4 is 27.3 Å². The van der Waals surface area contributed by atoms with Gasteiger partial charge < -0.3 is 15.8 Å². The summed E-state index contributed by atoms with van der Waals surface area (Å²) in [5.74, 6) is 0.426. The Balaban J connectivity index is 1.71. The standard InChI is InChI=1S/C17H21N3O4S2/c1-20-11-14(16-15(7-10-25-16)26(20,22)23)19-17(21)12-3-5-13(6-4-12)24-9-2-8-18/h3-7,10,14H,2,8-9,11,18H2,1H3,(H,19,21). The molecule has 1 aliphatic heterocycles. The van der Waals surface area contributed by atoms with Gasteiger partial charge in [0, 0.05) is 24.0 Å². The summed E-state index contributed by atoms with van der Waals surface area (Å²) in [6.07, 6.45) is 0.767. The first-order valence-corrected chi connectivity index (χ1v) is 10.5. The first-order valence-electron chi connectivity index (χ1n) is 8.21. The van der Waals surface area contributed by atoms with Gasteiger partial charge in [0.25, 0.3) is 5.91 Å². The van der Waals surface area contributed by atoms with Gasteiger partial charge in [0.15, 0.2) is 0 Å². The second kappa shape index (κ2) is 7.75. The number of nitrogens with one attached hydrogen (secondary N) is 1. The quantitative estimate of drug-likeness (QED) is 0.723. The molecule has 0 fully saturated rings. The van der Waals surface area contributed by atoms with Crippen molar-refractivity contribution in [1.29, 1.82) is 0 Å². The molecule has 3 N–H and O–H groups in total. The summed E-state index contributed by atoms with van der Waals surface area (Å²) in [7, 11) is -1.94. The number of ether oxygens (including phenoxy) is 1. The number of fused-ring (bicyclic) bond motifs is 1. The van der Waals surface area contributed by atoms with Gasteiger partial charge in [0.05, 0.1) is 17.5 Å². The molecule has 0 saturated carbocycles. The number of sulfonamides is 1. The van der Waals surface area contributed by atoms with Crippen molar-refractivity contribution in [3.05, 3.63) is 46.2 Å². The van der Waals surface area contributed by atoms with Crippen LogP contribution >= 0.6 is 11.3 Å². The largest absolute Gasteiger partial charge is 0.494 e. The molecule has 0 radical (unpaired) electrons. The minimum Gasteiger partial charge on any atom is -0.494 e. The van der Waals surface area contributed by atoms with Crippen LogP contribution in [0.1, 0.15) is 27.7 Å².